The van der Waals surface area contributed by atoms with Gasteiger partial charge in [-0.15, -0.1) is 0 Å². The molecule has 0 saturated carbocycles. The Kier molecular flexibility index (Phi) is 5.45. The molecular formula is C29H26N2O2. The highest BCUT2D eigenvalue weighted by Gasteiger charge is 2.41. The van der Waals surface area contributed by atoms with Crippen LogP contribution in [0.2, 0.25) is 0 Å². The standard InChI is InChI=1S/C29H26N2O2/c1-21(30)20-22-12-11-19-26-27(22)33-28(32)31(26)29(23-13-5-2-6-14-23,24-15-7-3-8-16-24)25-17-9-4-10-18-25/h2-19,21H,20,30H2,1H3/t21-/m1/s1. The first-order chi connectivity index (χ1) is 16.1. The summed E-state index contributed by atoms with van der Waals surface area (Å²) in [5, 5.41) is 0. The Morgan fingerprint density at radius 3 is 1.70 bits per heavy atom. The first kappa shape index (κ1) is 21.0. The fraction of sp³-hybridized carbons (Fsp3) is 0.138. The van der Waals surface area contributed by atoms with Crippen molar-refractivity contribution in [3.05, 3.63) is 142 Å². The van der Waals surface area contributed by atoms with Gasteiger partial charge in [-0.25, -0.2) is 4.79 Å². The Labute approximate surface area is 192 Å². The number of fused-ring (bicyclic) bond motifs is 1. The quantitative estimate of drug-likeness (QED) is 0.368. The summed E-state index contributed by atoms with van der Waals surface area (Å²) < 4.78 is 7.75. The molecule has 5 rings (SSSR count). The molecule has 1 heterocycles. The van der Waals surface area contributed by atoms with E-state index < -0.39 is 11.3 Å². The van der Waals surface area contributed by atoms with Crippen molar-refractivity contribution in [2.24, 2.45) is 5.73 Å². The number of oxazole rings is 1. The number of para-hydroxylation sites is 1. The Balaban J connectivity index is 1.96. The zero-order valence-corrected chi connectivity index (χ0v) is 18.5. The van der Waals surface area contributed by atoms with E-state index in [0.29, 0.717) is 12.0 Å². The fourth-order valence-corrected chi connectivity index (χ4v) is 4.85. The fourth-order valence-electron chi connectivity index (χ4n) is 4.85. The molecule has 5 aromatic rings. The third-order valence-corrected chi connectivity index (χ3v) is 6.14. The lowest BCUT2D eigenvalue weighted by Gasteiger charge is -2.36. The van der Waals surface area contributed by atoms with Crippen molar-refractivity contribution >= 4 is 11.1 Å². The summed E-state index contributed by atoms with van der Waals surface area (Å²) in [7, 11) is 0. The van der Waals surface area contributed by atoms with Crippen molar-refractivity contribution in [2.75, 3.05) is 0 Å². The molecule has 0 saturated heterocycles. The Morgan fingerprint density at radius 2 is 1.24 bits per heavy atom. The first-order valence-electron chi connectivity index (χ1n) is 11.2. The van der Waals surface area contributed by atoms with Crippen LogP contribution in [0, 0.1) is 0 Å². The van der Waals surface area contributed by atoms with E-state index in [4.69, 9.17) is 10.2 Å². The topological polar surface area (TPSA) is 61.2 Å². The average molecular weight is 435 g/mol. The van der Waals surface area contributed by atoms with Gasteiger partial charge in [-0.1, -0.05) is 103 Å². The monoisotopic (exact) mass is 434 g/mol. The molecule has 33 heavy (non-hydrogen) atoms. The van der Waals surface area contributed by atoms with Crippen LogP contribution in [-0.4, -0.2) is 10.6 Å². The Bertz CT molecular complexity index is 1320. The molecule has 0 aliphatic carbocycles. The van der Waals surface area contributed by atoms with E-state index in [9.17, 15) is 4.79 Å². The van der Waals surface area contributed by atoms with Crippen molar-refractivity contribution in [2.45, 2.75) is 24.9 Å². The summed E-state index contributed by atoms with van der Waals surface area (Å²) in [4.78, 5) is 13.7. The van der Waals surface area contributed by atoms with Gasteiger partial charge >= 0.3 is 5.76 Å². The Hall–Kier alpha value is -3.89. The van der Waals surface area contributed by atoms with Crippen LogP contribution in [0.15, 0.2) is 118 Å². The molecule has 4 heteroatoms. The second kappa shape index (κ2) is 8.57. The lowest BCUT2D eigenvalue weighted by molar-refractivity contribution is 0.440. The number of hydrogen-bond acceptors (Lipinski definition) is 3. The van der Waals surface area contributed by atoms with Gasteiger partial charge in [0.2, 0.25) is 0 Å². The zero-order chi connectivity index (χ0) is 22.8. The summed E-state index contributed by atoms with van der Waals surface area (Å²) in [5.41, 5.74) is 10.4. The lowest BCUT2D eigenvalue weighted by atomic mass is 9.76. The maximum absolute atomic E-state index is 13.7. The van der Waals surface area contributed by atoms with Crippen molar-refractivity contribution < 1.29 is 4.42 Å². The summed E-state index contributed by atoms with van der Waals surface area (Å²) in [6, 6.07) is 36.2. The van der Waals surface area contributed by atoms with Gasteiger partial charge < -0.3 is 10.2 Å². The molecule has 1 aromatic heterocycles. The summed E-state index contributed by atoms with van der Waals surface area (Å²) in [6.45, 7) is 1.95. The molecule has 0 fully saturated rings. The first-order valence-corrected chi connectivity index (χ1v) is 11.2. The predicted octanol–water partition coefficient (Wildman–Crippen LogP) is 5.32. The molecule has 0 spiro atoms. The van der Waals surface area contributed by atoms with E-state index in [1.807, 2.05) is 79.7 Å². The SMILES string of the molecule is C[C@@H](N)Cc1cccc2c1oc(=O)n2C(c1ccccc1)(c1ccccc1)c1ccccc1. The molecule has 164 valence electrons. The molecule has 4 nitrogen and oxygen atoms in total. The minimum absolute atomic E-state index is 0.0496. The molecule has 0 aliphatic rings. The second-order valence-electron chi connectivity index (χ2n) is 8.46. The largest absolute Gasteiger partial charge is 0.421 e. The van der Waals surface area contributed by atoms with E-state index in [-0.39, 0.29) is 6.04 Å². The van der Waals surface area contributed by atoms with Crippen LogP contribution < -0.4 is 11.5 Å². The van der Waals surface area contributed by atoms with Gasteiger partial charge in [0.15, 0.2) is 5.58 Å². The van der Waals surface area contributed by atoms with E-state index >= 15 is 0 Å². The highest BCUT2D eigenvalue weighted by atomic mass is 16.4. The van der Waals surface area contributed by atoms with Gasteiger partial charge in [-0.05, 0) is 41.7 Å². The second-order valence-corrected chi connectivity index (χ2v) is 8.46. The van der Waals surface area contributed by atoms with Crippen molar-refractivity contribution in [1.29, 1.82) is 0 Å². The number of hydrogen-bond donors (Lipinski definition) is 1. The van der Waals surface area contributed by atoms with Crippen molar-refractivity contribution in [3.63, 3.8) is 0 Å². The van der Waals surface area contributed by atoms with Crippen LogP contribution in [0.3, 0.4) is 0 Å². The van der Waals surface area contributed by atoms with Crippen LogP contribution in [0.25, 0.3) is 11.1 Å². The number of nitrogens with two attached hydrogens (primary N) is 1. The molecule has 0 amide bonds. The number of aromatic nitrogens is 1. The van der Waals surface area contributed by atoms with Crippen molar-refractivity contribution in [3.8, 4) is 0 Å². The minimum atomic E-state index is -0.918. The van der Waals surface area contributed by atoms with Gasteiger partial charge in [0, 0.05) is 6.04 Å². The summed E-state index contributed by atoms with van der Waals surface area (Å²) in [6.07, 6.45) is 0.624. The Morgan fingerprint density at radius 1 is 0.758 bits per heavy atom. The third kappa shape index (κ3) is 3.49. The molecule has 2 N–H and O–H groups in total. The third-order valence-electron chi connectivity index (χ3n) is 6.14. The van der Waals surface area contributed by atoms with E-state index in [1.54, 1.807) is 4.57 Å². The number of rotatable bonds is 6. The smallest absolute Gasteiger partial charge is 0.407 e. The molecule has 1 atom stereocenters. The van der Waals surface area contributed by atoms with Gasteiger partial charge in [0.05, 0.1) is 5.52 Å². The van der Waals surface area contributed by atoms with Gasteiger partial charge in [0.25, 0.3) is 0 Å². The highest BCUT2D eigenvalue weighted by molar-refractivity contribution is 5.78. The molecule has 0 radical (unpaired) electrons. The van der Waals surface area contributed by atoms with Crippen LogP contribution in [0.1, 0.15) is 29.2 Å². The summed E-state index contributed by atoms with van der Waals surface area (Å²) >= 11 is 0. The minimum Gasteiger partial charge on any atom is -0.407 e. The van der Waals surface area contributed by atoms with Crippen molar-refractivity contribution in [1.82, 2.24) is 4.57 Å². The zero-order valence-electron chi connectivity index (χ0n) is 18.5. The van der Waals surface area contributed by atoms with Crippen LogP contribution in [-0.2, 0) is 12.0 Å². The highest BCUT2D eigenvalue weighted by Crippen LogP contribution is 2.42. The lowest BCUT2D eigenvalue weighted by Crippen LogP contribution is -2.42. The molecule has 0 unspecified atom stereocenters. The molecular weight excluding hydrogens is 408 g/mol. The van der Waals surface area contributed by atoms with Crippen LogP contribution >= 0.6 is 0 Å². The summed E-state index contributed by atoms with van der Waals surface area (Å²) in [5.74, 6) is -0.404. The normalized spacial score (nSPS) is 12.7. The number of nitrogens with zero attached hydrogens (tertiary/aromatic N) is 1. The van der Waals surface area contributed by atoms with E-state index in [1.165, 1.54) is 0 Å². The van der Waals surface area contributed by atoms with Gasteiger partial charge in [0.1, 0.15) is 5.54 Å². The molecule has 4 aromatic carbocycles. The average Bonchev–Trinajstić information content (AvgIpc) is 3.19. The maximum Gasteiger partial charge on any atom is 0.421 e. The molecule has 0 bridgehead atoms. The van der Waals surface area contributed by atoms with E-state index in [2.05, 4.69) is 36.4 Å². The maximum atomic E-state index is 13.7. The van der Waals surface area contributed by atoms with Gasteiger partial charge in [-0.2, -0.15) is 0 Å². The van der Waals surface area contributed by atoms with Crippen LogP contribution in [0.5, 0.6) is 0 Å². The van der Waals surface area contributed by atoms with E-state index in [0.717, 1.165) is 27.8 Å². The predicted molar refractivity (Wildman–Crippen MR) is 132 cm³/mol. The van der Waals surface area contributed by atoms with Crippen LogP contribution in [0.4, 0.5) is 0 Å². The number of benzene rings is 4. The van der Waals surface area contributed by atoms with Gasteiger partial charge in [-0.3, -0.25) is 4.57 Å². The molecule has 0 aliphatic heterocycles.